The molecular formula is C35H42N4O3Pd. The van der Waals surface area contributed by atoms with E-state index >= 15 is 0 Å². The van der Waals surface area contributed by atoms with Crippen molar-refractivity contribution in [1.82, 2.24) is 4.98 Å². The van der Waals surface area contributed by atoms with Gasteiger partial charge in [0.05, 0.1) is 17.3 Å². The third-order valence-electron chi connectivity index (χ3n) is 8.49. The van der Waals surface area contributed by atoms with Crippen molar-refractivity contribution < 1.29 is 34.8 Å². The number of amides is 2. The molecule has 43 heavy (non-hydrogen) atoms. The van der Waals surface area contributed by atoms with E-state index in [4.69, 9.17) is 9.98 Å². The van der Waals surface area contributed by atoms with Gasteiger partial charge in [-0.1, -0.05) is 84.2 Å². The van der Waals surface area contributed by atoms with Crippen LogP contribution in [0.25, 0.3) is 17.5 Å². The second-order valence-corrected chi connectivity index (χ2v) is 10.6. The first-order valence-electron chi connectivity index (χ1n) is 15.5. The number of nitrogens with zero attached hydrogens (tertiary/aromatic N) is 4. The molecule has 4 heterocycles. The smallest absolute Gasteiger partial charge is 0.657 e. The Morgan fingerprint density at radius 2 is 1.09 bits per heavy atom. The van der Waals surface area contributed by atoms with Gasteiger partial charge in [-0.25, -0.2) is 9.98 Å². The van der Waals surface area contributed by atoms with Gasteiger partial charge < -0.3 is 15.1 Å². The molecule has 2 amide bonds. The first-order valence-corrected chi connectivity index (χ1v) is 15.5. The fraction of sp³-hybridized carbons (Fsp3) is 0.457. The Morgan fingerprint density at radius 1 is 0.558 bits per heavy atom. The zero-order valence-corrected chi connectivity index (χ0v) is 28.2. The molecule has 7 nitrogen and oxygen atoms in total. The van der Waals surface area contributed by atoms with Crippen LogP contribution >= 0.6 is 0 Å². The molecule has 0 unspecified atom stereocenters. The molecule has 3 aliphatic rings. The largest absolute Gasteiger partial charge is 2.00 e. The van der Waals surface area contributed by atoms with E-state index in [1.807, 2.05) is 39.8 Å². The fourth-order valence-electron chi connectivity index (χ4n) is 6.44. The average molecular weight is 673 g/mol. The van der Waals surface area contributed by atoms with Crippen LogP contribution in [0.3, 0.4) is 0 Å². The van der Waals surface area contributed by atoms with Crippen LogP contribution in [-0.2, 0) is 47.6 Å². The van der Waals surface area contributed by atoms with E-state index in [1.54, 1.807) is 0 Å². The zero-order valence-electron chi connectivity index (χ0n) is 26.6. The van der Waals surface area contributed by atoms with Crippen LogP contribution < -0.4 is 4.98 Å². The monoisotopic (exact) mass is 672 g/mol. The number of Topliss-reactive ketones (excluding diaryl/α,β-unsaturated/α-hetero) is 1. The van der Waals surface area contributed by atoms with E-state index in [0.717, 1.165) is 76.2 Å². The van der Waals surface area contributed by atoms with E-state index in [9.17, 15) is 14.4 Å². The summed E-state index contributed by atoms with van der Waals surface area (Å²) in [6.45, 7) is 16.2. The quantitative estimate of drug-likeness (QED) is 0.225. The van der Waals surface area contributed by atoms with E-state index in [0.29, 0.717) is 48.2 Å². The molecule has 0 bridgehead atoms. The summed E-state index contributed by atoms with van der Waals surface area (Å²) in [5.74, 6) is -0.678. The molecule has 0 saturated heterocycles. The molecule has 3 aliphatic heterocycles. The topological polar surface area (TPSA) is 104 Å². The molecule has 1 aromatic heterocycles. The van der Waals surface area contributed by atoms with Crippen molar-refractivity contribution >= 4 is 41.2 Å². The van der Waals surface area contributed by atoms with Gasteiger partial charge >= 0.3 is 20.4 Å². The van der Waals surface area contributed by atoms with Crippen molar-refractivity contribution in [2.24, 2.45) is 9.98 Å². The van der Waals surface area contributed by atoms with Crippen LogP contribution in [0.15, 0.2) is 54.8 Å². The SMILES string of the molecule is CCC1=C(CC)C(=O)C(C2=N/C(=C\c3[n-]c(/C=C4\[N-]C(=O)C(CC)=C4CC)c(CC)c3CC)C(CC)=C2CC)=NC1=O.[Pd+2]. The Labute approximate surface area is 269 Å². The van der Waals surface area contributed by atoms with E-state index in [-0.39, 0.29) is 43.7 Å². The summed E-state index contributed by atoms with van der Waals surface area (Å²) in [6, 6.07) is 0. The second kappa shape index (κ2) is 14.5. The van der Waals surface area contributed by atoms with Crippen molar-refractivity contribution in [3.05, 3.63) is 72.7 Å². The summed E-state index contributed by atoms with van der Waals surface area (Å²) in [6.07, 6.45) is 9.31. The normalized spacial score (nSPS) is 19.2. The maximum atomic E-state index is 13.5. The average Bonchev–Trinajstić information content (AvgIpc) is 3.62. The van der Waals surface area contributed by atoms with Gasteiger partial charge in [0.2, 0.25) is 5.78 Å². The standard InChI is InChI=1S/C35H44N4O3.Pd/c1-9-19-20(10-2)28(18-30-22(12-4)25(15-7)34(41)38-30)36-27(19)17-29-21(11-3)23(13-5)31(37-29)32-33(40)24(14-6)26(16-8)35(42)39-32;/h17-18H,9-16H2,1-8H3,(H2,36,37,38,39,40,41,42);/q;+2/p-2. The first kappa shape index (κ1) is 34.3. The van der Waals surface area contributed by atoms with E-state index in [1.165, 1.54) is 0 Å². The van der Waals surface area contributed by atoms with Gasteiger partial charge in [0, 0.05) is 11.1 Å². The molecule has 8 heteroatoms. The molecule has 0 aromatic carbocycles. The summed E-state index contributed by atoms with van der Waals surface area (Å²) in [5, 5.41) is 4.36. The van der Waals surface area contributed by atoms with Crippen LogP contribution in [-0.4, -0.2) is 29.0 Å². The number of hydrogen-bond donors (Lipinski definition) is 0. The molecule has 0 atom stereocenters. The summed E-state index contributed by atoms with van der Waals surface area (Å²) < 4.78 is 0. The molecule has 0 radical (unpaired) electrons. The van der Waals surface area contributed by atoms with Gasteiger partial charge in [-0.15, -0.1) is 17.1 Å². The number of rotatable bonds is 11. The maximum Gasteiger partial charge on any atom is 2.00 e. The molecule has 0 saturated carbocycles. The van der Waals surface area contributed by atoms with Crippen molar-refractivity contribution in [3.63, 3.8) is 0 Å². The Hall–Kier alpha value is -3.21. The molecule has 0 spiro atoms. The molecule has 0 aliphatic carbocycles. The molecule has 0 fully saturated rings. The van der Waals surface area contributed by atoms with Crippen LogP contribution in [0.5, 0.6) is 0 Å². The van der Waals surface area contributed by atoms with Crippen LogP contribution in [0.2, 0.25) is 0 Å². The van der Waals surface area contributed by atoms with Gasteiger partial charge in [0.15, 0.2) is 0 Å². The van der Waals surface area contributed by atoms with Gasteiger partial charge in [0.25, 0.3) is 5.91 Å². The maximum absolute atomic E-state index is 13.5. The Bertz CT molecular complexity index is 1570. The van der Waals surface area contributed by atoms with Crippen LogP contribution in [0.4, 0.5) is 0 Å². The number of carbonyl (C=O) groups excluding carboxylic acids is 3. The van der Waals surface area contributed by atoms with Gasteiger partial charge in [-0.05, 0) is 68.1 Å². The van der Waals surface area contributed by atoms with Gasteiger partial charge in [0.1, 0.15) is 5.71 Å². The number of dihydropyridines is 1. The van der Waals surface area contributed by atoms with Crippen molar-refractivity contribution in [2.45, 2.75) is 107 Å². The predicted octanol–water partition coefficient (Wildman–Crippen LogP) is 7.72. The number of allylic oxidation sites excluding steroid dienone is 4. The van der Waals surface area contributed by atoms with Crippen molar-refractivity contribution in [3.8, 4) is 0 Å². The van der Waals surface area contributed by atoms with Crippen molar-refractivity contribution in [1.29, 1.82) is 0 Å². The first-order chi connectivity index (χ1) is 20.2. The third-order valence-corrected chi connectivity index (χ3v) is 8.49. The predicted molar refractivity (Wildman–Crippen MR) is 171 cm³/mol. The Kier molecular flexibility index (Phi) is 11.6. The number of aromatic nitrogens is 1. The Morgan fingerprint density at radius 3 is 1.60 bits per heavy atom. The van der Waals surface area contributed by atoms with Crippen LogP contribution in [0.1, 0.15) is 116 Å². The molecule has 0 N–H and O–H groups in total. The summed E-state index contributed by atoms with van der Waals surface area (Å²) >= 11 is 0. The van der Waals surface area contributed by atoms with Gasteiger partial charge in [-0.2, -0.15) is 0 Å². The minimum Gasteiger partial charge on any atom is -0.657 e. The minimum absolute atomic E-state index is 0. The molecule has 230 valence electrons. The van der Waals surface area contributed by atoms with E-state index in [2.05, 4.69) is 38.0 Å². The minimum atomic E-state index is -0.337. The summed E-state index contributed by atoms with van der Waals surface area (Å²) in [5.41, 5.74) is 10.9. The summed E-state index contributed by atoms with van der Waals surface area (Å²) in [7, 11) is 0. The summed E-state index contributed by atoms with van der Waals surface area (Å²) in [4.78, 5) is 53.3. The molecular weight excluding hydrogens is 631 g/mol. The molecule has 1 aromatic rings. The van der Waals surface area contributed by atoms with Crippen LogP contribution in [0, 0.1) is 0 Å². The number of hydrogen-bond acceptors (Lipinski definition) is 4. The second-order valence-electron chi connectivity index (χ2n) is 10.6. The van der Waals surface area contributed by atoms with E-state index < -0.39 is 0 Å². The fourth-order valence-corrected chi connectivity index (χ4v) is 6.44. The van der Waals surface area contributed by atoms with Gasteiger partial charge in [-0.3, -0.25) is 9.59 Å². The molecule has 4 rings (SSSR count). The zero-order chi connectivity index (χ0) is 30.7. The number of ketones is 1. The van der Waals surface area contributed by atoms with Crippen molar-refractivity contribution in [2.75, 3.05) is 0 Å². The number of aliphatic imine (C=N–C) groups is 2. The number of carbonyl (C=O) groups is 3. The Balaban J connectivity index is 0.00000506. The third kappa shape index (κ3) is 6.10.